The van der Waals surface area contributed by atoms with E-state index in [1.165, 1.54) is 6.20 Å². The van der Waals surface area contributed by atoms with E-state index in [1.807, 2.05) is 6.07 Å². The molecule has 2 heterocycles. The van der Waals surface area contributed by atoms with Crippen molar-refractivity contribution < 1.29 is 9.53 Å². The number of aromatic nitrogens is 1. The molecule has 0 aliphatic carbocycles. The molecular weight excluding hydrogens is 180 g/mol. The van der Waals surface area contributed by atoms with E-state index in [0.717, 1.165) is 5.69 Å². The highest BCUT2D eigenvalue weighted by molar-refractivity contribution is 6.18. The van der Waals surface area contributed by atoms with Crippen molar-refractivity contribution in [2.24, 2.45) is 0 Å². The Balaban J connectivity index is 2.29. The summed E-state index contributed by atoms with van der Waals surface area (Å²) in [4.78, 5) is 15.5. The Morgan fingerprint density at radius 3 is 3.21 bits per heavy atom. The molecule has 0 atom stereocenters. The van der Waals surface area contributed by atoms with Gasteiger partial charge in [-0.1, -0.05) is 0 Å². The quantitative estimate of drug-likeness (QED) is 0.657. The summed E-state index contributed by atoms with van der Waals surface area (Å²) < 4.78 is 4.88. The van der Waals surface area contributed by atoms with Crippen molar-refractivity contribution in [1.29, 1.82) is 0 Å². The van der Waals surface area contributed by atoms with Gasteiger partial charge in [0.15, 0.2) is 0 Å². The van der Waals surface area contributed by atoms with Crippen molar-refractivity contribution in [3.8, 4) is 0 Å². The molecule has 14 heavy (non-hydrogen) atoms. The molecule has 1 aliphatic rings. The van der Waals surface area contributed by atoms with Crippen LogP contribution in [0.5, 0.6) is 0 Å². The van der Waals surface area contributed by atoms with Gasteiger partial charge in [0.2, 0.25) is 0 Å². The Hall–Kier alpha value is -1.84. The maximum absolute atomic E-state index is 11.4. The minimum atomic E-state index is -0.367. The maximum atomic E-state index is 11.4. The minimum Gasteiger partial charge on any atom is -0.462 e. The molecule has 0 saturated heterocycles. The van der Waals surface area contributed by atoms with E-state index < -0.39 is 0 Å². The van der Waals surface area contributed by atoms with Gasteiger partial charge < -0.3 is 4.74 Å². The number of hydrogen-bond acceptors (Lipinski definition) is 3. The molecule has 0 amide bonds. The molecule has 1 aliphatic heterocycles. The van der Waals surface area contributed by atoms with E-state index in [-0.39, 0.29) is 5.97 Å². The molecule has 4 heteroatoms. The zero-order valence-corrected chi connectivity index (χ0v) is 7.73. The summed E-state index contributed by atoms with van der Waals surface area (Å²) in [6.07, 6.45) is 3.13. The monoisotopic (exact) mass is 189 g/mol. The Kier molecular flexibility index (Phi) is 2.18. The fraction of sp³-hybridized carbons (Fsp3) is 0.200. The first kappa shape index (κ1) is 8.74. The fourth-order valence-electron chi connectivity index (χ4n) is 1.26. The molecule has 0 N–H and O–H groups in total. The van der Waals surface area contributed by atoms with Gasteiger partial charge in [-0.15, -0.1) is 0 Å². The molecular formula is C10H9N2O2. The second-order valence-corrected chi connectivity index (χ2v) is 2.76. The Bertz CT molecular complexity index is 399. The summed E-state index contributed by atoms with van der Waals surface area (Å²) in [5, 5.41) is 4.06. The molecule has 1 aromatic rings. The Morgan fingerprint density at radius 2 is 2.43 bits per heavy atom. The molecule has 0 fully saturated rings. The SMILES string of the molecule is CCOC(=O)C1=C[N]c2cccnc21. The van der Waals surface area contributed by atoms with Crippen molar-refractivity contribution in [1.82, 2.24) is 10.3 Å². The number of rotatable bonds is 2. The molecule has 71 valence electrons. The van der Waals surface area contributed by atoms with Gasteiger partial charge in [-0.3, -0.25) is 10.3 Å². The van der Waals surface area contributed by atoms with Gasteiger partial charge in [-0.05, 0) is 19.1 Å². The lowest BCUT2D eigenvalue weighted by atomic mass is 10.2. The Morgan fingerprint density at radius 1 is 1.57 bits per heavy atom. The van der Waals surface area contributed by atoms with Crippen LogP contribution < -0.4 is 5.32 Å². The third kappa shape index (κ3) is 1.35. The van der Waals surface area contributed by atoms with Crippen molar-refractivity contribution in [2.75, 3.05) is 6.61 Å². The Labute approximate surface area is 81.6 Å². The van der Waals surface area contributed by atoms with Crippen LogP contribution in [0.2, 0.25) is 0 Å². The van der Waals surface area contributed by atoms with Crippen LogP contribution in [0.4, 0.5) is 5.69 Å². The van der Waals surface area contributed by atoms with Crippen LogP contribution in [0.1, 0.15) is 12.6 Å². The number of ether oxygens (including phenoxy) is 1. The average molecular weight is 189 g/mol. The molecule has 0 unspecified atom stereocenters. The van der Waals surface area contributed by atoms with Crippen LogP contribution >= 0.6 is 0 Å². The molecule has 1 aromatic heterocycles. The molecule has 2 rings (SSSR count). The van der Waals surface area contributed by atoms with E-state index in [1.54, 1.807) is 19.2 Å². The largest absolute Gasteiger partial charge is 0.462 e. The fourth-order valence-corrected chi connectivity index (χ4v) is 1.26. The second-order valence-electron chi connectivity index (χ2n) is 2.76. The molecule has 0 bridgehead atoms. The first-order chi connectivity index (χ1) is 6.83. The molecule has 1 radical (unpaired) electrons. The summed E-state index contributed by atoms with van der Waals surface area (Å²) in [5.74, 6) is -0.367. The lowest BCUT2D eigenvalue weighted by molar-refractivity contribution is -0.136. The van der Waals surface area contributed by atoms with E-state index in [0.29, 0.717) is 17.9 Å². The van der Waals surface area contributed by atoms with E-state index in [2.05, 4.69) is 10.3 Å². The van der Waals surface area contributed by atoms with Gasteiger partial charge in [-0.25, -0.2) is 4.79 Å². The number of pyridine rings is 1. The number of esters is 1. The summed E-state index contributed by atoms with van der Waals surface area (Å²) in [6, 6.07) is 3.59. The third-order valence-electron chi connectivity index (χ3n) is 1.87. The third-order valence-corrected chi connectivity index (χ3v) is 1.87. The van der Waals surface area contributed by atoms with Crippen LogP contribution in [0.3, 0.4) is 0 Å². The smallest absolute Gasteiger partial charge is 0.341 e. The maximum Gasteiger partial charge on any atom is 0.341 e. The van der Waals surface area contributed by atoms with Crippen LogP contribution in [-0.2, 0) is 9.53 Å². The number of nitrogens with zero attached hydrogens (tertiary/aromatic N) is 2. The summed E-state index contributed by atoms with van der Waals surface area (Å²) in [5.41, 5.74) is 1.75. The molecule has 0 spiro atoms. The normalized spacial score (nSPS) is 12.8. The van der Waals surface area contributed by atoms with E-state index >= 15 is 0 Å². The number of carbonyl (C=O) groups is 1. The zero-order chi connectivity index (χ0) is 9.97. The number of hydrogen-bond donors (Lipinski definition) is 0. The van der Waals surface area contributed by atoms with Gasteiger partial charge >= 0.3 is 5.97 Å². The second kappa shape index (κ2) is 3.49. The van der Waals surface area contributed by atoms with E-state index in [4.69, 9.17) is 4.74 Å². The summed E-state index contributed by atoms with van der Waals surface area (Å²) in [6.45, 7) is 2.13. The van der Waals surface area contributed by atoms with Crippen LogP contribution in [0.15, 0.2) is 24.5 Å². The predicted molar refractivity (Wildman–Crippen MR) is 50.6 cm³/mol. The van der Waals surface area contributed by atoms with Crippen molar-refractivity contribution in [3.63, 3.8) is 0 Å². The molecule has 0 aromatic carbocycles. The highest BCUT2D eigenvalue weighted by Crippen LogP contribution is 2.28. The topological polar surface area (TPSA) is 53.3 Å². The minimum absolute atomic E-state index is 0.359. The highest BCUT2D eigenvalue weighted by atomic mass is 16.5. The van der Waals surface area contributed by atoms with Gasteiger partial charge in [0.05, 0.1) is 12.3 Å². The van der Waals surface area contributed by atoms with Crippen LogP contribution in [0, 0.1) is 0 Å². The molecule has 0 saturated carbocycles. The first-order valence-electron chi connectivity index (χ1n) is 4.36. The molecule has 4 nitrogen and oxygen atoms in total. The number of fused-ring (bicyclic) bond motifs is 1. The van der Waals surface area contributed by atoms with Gasteiger partial charge in [-0.2, -0.15) is 0 Å². The van der Waals surface area contributed by atoms with Crippen molar-refractivity contribution in [3.05, 3.63) is 30.2 Å². The van der Waals surface area contributed by atoms with Crippen LogP contribution in [-0.4, -0.2) is 17.6 Å². The van der Waals surface area contributed by atoms with Gasteiger partial charge in [0, 0.05) is 12.4 Å². The number of carbonyl (C=O) groups excluding carboxylic acids is 1. The van der Waals surface area contributed by atoms with Crippen LogP contribution in [0.25, 0.3) is 5.57 Å². The van der Waals surface area contributed by atoms with E-state index in [9.17, 15) is 4.79 Å². The predicted octanol–water partition coefficient (Wildman–Crippen LogP) is 1.24. The first-order valence-corrected chi connectivity index (χ1v) is 4.36. The highest BCUT2D eigenvalue weighted by Gasteiger charge is 2.23. The van der Waals surface area contributed by atoms with Crippen molar-refractivity contribution in [2.45, 2.75) is 6.92 Å². The zero-order valence-electron chi connectivity index (χ0n) is 7.73. The summed E-state index contributed by atoms with van der Waals surface area (Å²) >= 11 is 0. The lowest BCUT2D eigenvalue weighted by Crippen LogP contribution is -2.06. The van der Waals surface area contributed by atoms with Gasteiger partial charge in [0.25, 0.3) is 0 Å². The lowest BCUT2D eigenvalue weighted by Gasteiger charge is -2.01. The summed E-state index contributed by atoms with van der Waals surface area (Å²) in [7, 11) is 0. The average Bonchev–Trinajstić information content (AvgIpc) is 2.61. The van der Waals surface area contributed by atoms with Gasteiger partial charge in [0.1, 0.15) is 11.3 Å². The standard InChI is InChI=1S/C10H9N2O2/c1-2-14-10(13)7-6-12-8-4-3-5-11-9(7)8/h3-6H,2H2,1H3. The van der Waals surface area contributed by atoms with Crippen molar-refractivity contribution >= 4 is 17.2 Å².